The fourth-order valence-electron chi connectivity index (χ4n) is 2.23. The van der Waals surface area contributed by atoms with Crippen LogP contribution in [-0.2, 0) is 0 Å². The van der Waals surface area contributed by atoms with Crippen molar-refractivity contribution >= 4 is 11.6 Å². The summed E-state index contributed by atoms with van der Waals surface area (Å²) in [5.74, 6) is 0.840. The average Bonchev–Trinajstić information content (AvgIpc) is 2.94. The van der Waals surface area contributed by atoms with Gasteiger partial charge < -0.3 is 10.6 Å². The number of nitrogens with zero attached hydrogens (tertiary/aromatic N) is 3. The quantitative estimate of drug-likeness (QED) is 0.818. The summed E-state index contributed by atoms with van der Waals surface area (Å²) in [5.41, 5.74) is 8.57. The number of nitrogen functional groups attached to an aromatic ring is 1. The molecule has 1 aliphatic heterocycles. The Morgan fingerprint density at radius 1 is 0.889 bits per heavy atom. The molecule has 0 unspecified atom stereocenters. The molecule has 92 valence electrons. The molecule has 4 nitrogen and oxygen atoms in total. The largest absolute Gasteiger partial charge is 0.399 e. The standard InChI is InChI=1S/C14H16N4/c15-13-5-3-11(4-6-13)12-9-16-14(17-10-12)18-7-1-2-8-18/h3-6,9-10H,1-2,7-8,15H2. The molecule has 2 N–H and O–H groups in total. The molecule has 4 heteroatoms. The summed E-state index contributed by atoms with van der Waals surface area (Å²) in [6.45, 7) is 2.14. The van der Waals surface area contributed by atoms with E-state index in [0.29, 0.717) is 0 Å². The van der Waals surface area contributed by atoms with Gasteiger partial charge >= 0.3 is 0 Å². The second-order valence-electron chi connectivity index (χ2n) is 4.59. The first-order valence-electron chi connectivity index (χ1n) is 6.26. The lowest BCUT2D eigenvalue weighted by Gasteiger charge is -2.14. The second kappa shape index (κ2) is 4.64. The normalized spacial score (nSPS) is 15.0. The monoisotopic (exact) mass is 240 g/mol. The van der Waals surface area contributed by atoms with Crippen molar-refractivity contribution in [3.63, 3.8) is 0 Å². The van der Waals surface area contributed by atoms with Gasteiger partial charge in [0, 0.05) is 36.7 Å². The summed E-state index contributed by atoms with van der Waals surface area (Å²) in [6.07, 6.45) is 6.24. The van der Waals surface area contributed by atoms with E-state index in [9.17, 15) is 0 Å². The van der Waals surface area contributed by atoms with E-state index in [1.165, 1.54) is 12.8 Å². The molecule has 0 radical (unpaired) electrons. The fraction of sp³-hybridized carbons (Fsp3) is 0.286. The van der Waals surface area contributed by atoms with E-state index in [0.717, 1.165) is 35.9 Å². The molecular weight excluding hydrogens is 224 g/mol. The Morgan fingerprint density at radius 2 is 1.50 bits per heavy atom. The topological polar surface area (TPSA) is 55.0 Å². The number of benzene rings is 1. The highest BCUT2D eigenvalue weighted by Crippen LogP contribution is 2.21. The molecule has 0 atom stereocenters. The molecule has 0 saturated carbocycles. The first kappa shape index (κ1) is 11.0. The van der Waals surface area contributed by atoms with E-state index in [4.69, 9.17) is 5.73 Å². The summed E-state index contributed by atoms with van der Waals surface area (Å²) in [4.78, 5) is 11.1. The van der Waals surface area contributed by atoms with Crippen LogP contribution in [0.2, 0.25) is 0 Å². The number of nitrogens with two attached hydrogens (primary N) is 1. The maximum Gasteiger partial charge on any atom is 0.225 e. The fourth-order valence-corrected chi connectivity index (χ4v) is 2.23. The molecule has 0 amide bonds. The minimum atomic E-state index is 0.772. The molecule has 0 aliphatic carbocycles. The number of hydrogen-bond donors (Lipinski definition) is 1. The Kier molecular flexibility index (Phi) is 2.84. The van der Waals surface area contributed by atoms with Crippen molar-refractivity contribution < 1.29 is 0 Å². The van der Waals surface area contributed by atoms with E-state index in [1.54, 1.807) is 0 Å². The molecule has 1 aromatic carbocycles. The van der Waals surface area contributed by atoms with Crippen LogP contribution in [0.15, 0.2) is 36.7 Å². The molecule has 1 aromatic heterocycles. The maximum atomic E-state index is 5.67. The van der Waals surface area contributed by atoms with Gasteiger partial charge in [-0.25, -0.2) is 9.97 Å². The third kappa shape index (κ3) is 2.14. The van der Waals surface area contributed by atoms with Crippen LogP contribution in [0.3, 0.4) is 0 Å². The van der Waals surface area contributed by atoms with Gasteiger partial charge in [0.25, 0.3) is 0 Å². The van der Waals surface area contributed by atoms with E-state index >= 15 is 0 Å². The first-order valence-corrected chi connectivity index (χ1v) is 6.26. The molecule has 18 heavy (non-hydrogen) atoms. The second-order valence-corrected chi connectivity index (χ2v) is 4.59. The lowest BCUT2D eigenvalue weighted by Crippen LogP contribution is -2.20. The molecular formula is C14H16N4. The molecule has 2 aromatic rings. The summed E-state index contributed by atoms with van der Waals surface area (Å²) in [7, 11) is 0. The van der Waals surface area contributed by atoms with Crippen LogP contribution in [0.1, 0.15) is 12.8 Å². The lowest BCUT2D eigenvalue weighted by molar-refractivity contribution is 0.899. The minimum absolute atomic E-state index is 0.772. The Morgan fingerprint density at radius 3 is 2.11 bits per heavy atom. The van der Waals surface area contributed by atoms with Crippen molar-refractivity contribution in [2.24, 2.45) is 0 Å². The lowest BCUT2D eigenvalue weighted by atomic mass is 10.1. The van der Waals surface area contributed by atoms with Crippen LogP contribution >= 0.6 is 0 Å². The van der Waals surface area contributed by atoms with Crippen molar-refractivity contribution in [2.75, 3.05) is 23.7 Å². The van der Waals surface area contributed by atoms with E-state index in [-0.39, 0.29) is 0 Å². The Labute approximate surface area is 106 Å². The van der Waals surface area contributed by atoms with Crippen molar-refractivity contribution in [2.45, 2.75) is 12.8 Å². The molecule has 2 heterocycles. The van der Waals surface area contributed by atoms with Crippen LogP contribution in [-0.4, -0.2) is 23.1 Å². The van der Waals surface area contributed by atoms with Gasteiger partial charge in [0.2, 0.25) is 5.95 Å². The van der Waals surface area contributed by atoms with Gasteiger partial charge in [-0.2, -0.15) is 0 Å². The van der Waals surface area contributed by atoms with Crippen LogP contribution in [0, 0.1) is 0 Å². The Hall–Kier alpha value is -2.10. The molecule has 1 aliphatic rings. The highest BCUT2D eigenvalue weighted by molar-refractivity contribution is 5.64. The number of hydrogen-bond acceptors (Lipinski definition) is 4. The van der Waals surface area contributed by atoms with Crippen LogP contribution in [0.5, 0.6) is 0 Å². The Balaban J connectivity index is 1.84. The predicted molar refractivity (Wildman–Crippen MR) is 73.3 cm³/mol. The average molecular weight is 240 g/mol. The van der Waals surface area contributed by atoms with Gasteiger partial charge in [-0.1, -0.05) is 12.1 Å². The van der Waals surface area contributed by atoms with Gasteiger partial charge in [-0.3, -0.25) is 0 Å². The highest BCUT2D eigenvalue weighted by atomic mass is 15.3. The van der Waals surface area contributed by atoms with Crippen molar-refractivity contribution in [3.05, 3.63) is 36.7 Å². The Bertz CT molecular complexity index is 512. The van der Waals surface area contributed by atoms with Crippen molar-refractivity contribution in [3.8, 4) is 11.1 Å². The van der Waals surface area contributed by atoms with Gasteiger partial charge in [0.05, 0.1) is 0 Å². The first-order chi connectivity index (χ1) is 8.83. The van der Waals surface area contributed by atoms with Gasteiger partial charge in [0.1, 0.15) is 0 Å². The summed E-state index contributed by atoms with van der Waals surface area (Å²) < 4.78 is 0. The zero-order chi connectivity index (χ0) is 12.4. The maximum absolute atomic E-state index is 5.67. The molecule has 1 fully saturated rings. The minimum Gasteiger partial charge on any atom is -0.399 e. The third-order valence-electron chi connectivity index (χ3n) is 3.27. The number of anilines is 2. The zero-order valence-corrected chi connectivity index (χ0v) is 10.2. The van der Waals surface area contributed by atoms with E-state index in [2.05, 4.69) is 14.9 Å². The zero-order valence-electron chi connectivity index (χ0n) is 10.2. The van der Waals surface area contributed by atoms with Crippen molar-refractivity contribution in [1.82, 2.24) is 9.97 Å². The third-order valence-corrected chi connectivity index (χ3v) is 3.27. The summed E-state index contributed by atoms with van der Waals surface area (Å²) >= 11 is 0. The van der Waals surface area contributed by atoms with Gasteiger partial charge in [-0.05, 0) is 30.5 Å². The van der Waals surface area contributed by atoms with Crippen LogP contribution in [0.25, 0.3) is 11.1 Å². The highest BCUT2D eigenvalue weighted by Gasteiger charge is 2.14. The SMILES string of the molecule is Nc1ccc(-c2cnc(N3CCCC3)nc2)cc1. The van der Waals surface area contributed by atoms with Gasteiger partial charge in [0.15, 0.2) is 0 Å². The summed E-state index contributed by atoms with van der Waals surface area (Å²) in [6, 6.07) is 7.76. The molecule has 0 spiro atoms. The molecule has 0 bridgehead atoms. The number of rotatable bonds is 2. The summed E-state index contributed by atoms with van der Waals surface area (Å²) in [5, 5.41) is 0. The predicted octanol–water partition coefficient (Wildman–Crippen LogP) is 2.33. The van der Waals surface area contributed by atoms with Gasteiger partial charge in [-0.15, -0.1) is 0 Å². The van der Waals surface area contributed by atoms with E-state index < -0.39 is 0 Å². The van der Waals surface area contributed by atoms with Crippen LogP contribution < -0.4 is 10.6 Å². The molecule has 1 saturated heterocycles. The van der Waals surface area contributed by atoms with Crippen LogP contribution in [0.4, 0.5) is 11.6 Å². The van der Waals surface area contributed by atoms with Crippen molar-refractivity contribution in [1.29, 1.82) is 0 Å². The van der Waals surface area contributed by atoms with E-state index in [1.807, 2.05) is 36.7 Å². The molecule has 3 rings (SSSR count). The smallest absolute Gasteiger partial charge is 0.225 e. The number of aromatic nitrogens is 2.